The van der Waals surface area contributed by atoms with Crippen molar-refractivity contribution < 1.29 is 10.2 Å². The van der Waals surface area contributed by atoms with Crippen molar-refractivity contribution in [2.75, 3.05) is 6.54 Å². The number of amidine groups is 1. The molecule has 114 valence electrons. The van der Waals surface area contributed by atoms with Gasteiger partial charge in [0.05, 0.1) is 18.2 Å². The van der Waals surface area contributed by atoms with Gasteiger partial charge in [0, 0.05) is 16.5 Å². The topological polar surface area (TPSA) is 77.7 Å². The number of nitrogens with one attached hydrogen (secondary N) is 1. The van der Waals surface area contributed by atoms with Gasteiger partial charge >= 0.3 is 0 Å². The van der Waals surface area contributed by atoms with Crippen molar-refractivity contribution in [1.29, 1.82) is 0 Å². The molecule has 5 nitrogen and oxygen atoms in total. The summed E-state index contributed by atoms with van der Waals surface area (Å²) in [6, 6.07) is 9.88. The maximum Gasteiger partial charge on any atom is 0.163 e. The molecular weight excluding hydrogens is 298 g/mol. The lowest BCUT2D eigenvalue weighted by atomic mass is 10.1. The van der Waals surface area contributed by atoms with Crippen molar-refractivity contribution in [3.05, 3.63) is 47.0 Å². The Morgan fingerprint density at radius 2 is 2.32 bits per heavy atom. The standard InChI is InChI=1S/C16H17N3O2S/c1-10(20)9-18-16-19-15(21)14(22-16)8-11-4-5-13-12(7-11)3-2-6-17-13/h2-8,10,15,20-21H,9H2,1H3,(H,18,19)/b14-8-. The Hall–Kier alpha value is -1.89. The fourth-order valence-electron chi connectivity index (χ4n) is 2.13. The van der Waals surface area contributed by atoms with Crippen molar-refractivity contribution >= 4 is 33.9 Å². The summed E-state index contributed by atoms with van der Waals surface area (Å²) in [7, 11) is 0. The smallest absolute Gasteiger partial charge is 0.163 e. The molecule has 0 radical (unpaired) electrons. The Balaban J connectivity index is 1.82. The van der Waals surface area contributed by atoms with Crippen LogP contribution in [0.5, 0.6) is 0 Å². The molecular formula is C16H17N3O2S. The van der Waals surface area contributed by atoms with E-state index in [9.17, 15) is 10.2 Å². The van der Waals surface area contributed by atoms with Gasteiger partial charge < -0.3 is 15.5 Å². The van der Waals surface area contributed by atoms with Crippen LogP contribution in [0, 0.1) is 0 Å². The van der Waals surface area contributed by atoms with E-state index < -0.39 is 12.3 Å². The molecule has 22 heavy (non-hydrogen) atoms. The summed E-state index contributed by atoms with van der Waals surface area (Å²) in [5.41, 5.74) is 1.95. The average Bonchev–Trinajstić information content (AvgIpc) is 2.85. The molecule has 1 aromatic heterocycles. The van der Waals surface area contributed by atoms with E-state index in [1.54, 1.807) is 13.1 Å². The lowest BCUT2D eigenvalue weighted by molar-refractivity contribution is 0.201. The van der Waals surface area contributed by atoms with E-state index >= 15 is 0 Å². The number of hydrogen-bond acceptors (Lipinski definition) is 5. The Bertz CT molecular complexity index is 743. The first kappa shape index (κ1) is 15.0. The summed E-state index contributed by atoms with van der Waals surface area (Å²) in [6.07, 6.45) is 2.45. The van der Waals surface area contributed by atoms with Crippen LogP contribution in [0.15, 0.2) is 46.4 Å². The number of rotatable bonds is 3. The third kappa shape index (κ3) is 3.47. The molecule has 1 aromatic carbocycles. The first-order valence-corrected chi connectivity index (χ1v) is 7.85. The summed E-state index contributed by atoms with van der Waals surface area (Å²) < 4.78 is 0. The van der Waals surface area contributed by atoms with E-state index in [4.69, 9.17) is 0 Å². The van der Waals surface area contributed by atoms with Crippen molar-refractivity contribution in [3.8, 4) is 0 Å². The molecule has 1 fully saturated rings. The van der Waals surface area contributed by atoms with Gasteiger partial charge in [0.1, 0.15) is 0 Å². The third-order valence-electron chi connectivity index (χ3n) is 3.18. The van der Waals surface area contributed by atoms with Crippen LogP contribution in [0.4, 0.5) is 0 Å². The summed E-state index contributed by atoms with van der Waals surface area (Å²) in [6.45, 7) is 2.00. The molecule has 2 atom stereocenters. The van der Waals surface area contributed by atoms with Gasteiger partial charge in [-0.15, -0.1) is 0 Å². The van der Waals surface area contributed by atoms with Crippen LogP contribution in [-0.2, 0) is 0 Å². The minimum Gasteiger partial charge on any atom is -0.391 e. The normalized spacial score (nSPS) is 23.1. The van der Waals surface area contributed by atoms with Gasteiger partial charge in [-0.25, -0.2) is 0 Å². The number of aliphatic imine (C=N–C) groups is 1. The van der Waals surface area contributed by atoms with Gasteiger partial charge in [-0.2, -0.15) is 0 Å². The van der Waals surface area contributed by atoms with E-state index in [0.29, 0.717) is 11.7 Å². The number of aliphatic hydroxyl groups is 2. The minimum atomic E-state index is -0.762. The fourth-order valence-corrected chi connectivity index (χ4v) is 3.03. The Morgan fingerprint density at radius 3 is 3.14 bits per heavy atom. The molecule has 0 amide bonds. The zero-order chi connectivity index (χ0) is 15.5. The zero-order valence-corrected chi connectivity index (χ0v) is 12.9. The van der Waals surface area contributed by atoms with Crippen molar-refractivity contribution in [1.82, 2.24) is 10.3 Å². The third-order valence-corrected chi connectivity index (χ3v) is 4.20. The molecule has 3 rings (SSSR count). The molecule has 2 heterocycles. The number of aliphatic hydroxyl groups excluding tert-OH is 2. The first-order chi connectivity index (χ1) is 10.6. The van der Waals surface area contributed by atoms with Gasteiger partial charge in [-0.1, -0.05) is 23.9 Å². The number of thioether (sulfide) groups is 1. The monoisotopic (exact) mass is 315 g/mol. The van der Waals surface area contributed by atoms with E-state index in [-0.39, 0.29) is 0 Å². The molecule has 6 heteroatoms. The molecule has 0 saturated carbocycles. The number of nitrogens with zero attached hydrogens (tertiary/aromatic N) is 2. The van der Waals surface area contributed by atoms with E-state index in [0.717, 1.165) is 21.4 Å². The Labute approximate surface area is 132 Å². The second-order valence-electron chi connectivity index (χ2n) is 5.15. The lowest BCUT2D eigenvalue weighted by Crippen LogP contribution is -2.26. The van der Waals surface area contributed by atoms with Gasteiger partial charge in [-0.3, -0.25) is 9.98 Å². The summed E-state index contributed by atoms with van der Waals surface area (Å²) >= 11 is 1.38. The van der Waals surface area contributed by atoms with Crippen molar-refractivity contribution in [2.24, 2.45) is 4.99 Å². The van der Waals surface area contributed by atoms with Crippen LogP contribution >= 0.6 is 11.8 Å². The predicted octanol–water partition coefficient (Wildman–Crippen LogP) is 1.97. The summed E-state index contributed by atoms with van der Waals surface area (Å²) in [4.78, 5) is 9.30. The molecule has 1 aliphatic rings. The Morgan fingerprint density at radius 1 is 1.45 bits per heavy atom. The summed E-state index contributed by atoms with van der Waals surface area (Å²) in [5, 5.41) is 23.9. The van der Waals surface area contributed by atoms with Crippen LogP contribution in [0.2, 0.25) is 0 Å². The van der Waals surface area contributed by atoms with Gasteiger partial charge in [0.15, 0.2) is 11.4 Å². The highest BCUT2D eigenvalue weighted by Crippen LogP contribution is 2.29. The van der Waals surface area contributed by atoms with Crippen LogP contribution in [0.1, 0.15) is 12.5 Å². The number of hydrogen-bond donors (Lipinski definition) is 3. The molecule has 0 spiro atoms. The lowest BCUT2D eigenvalue weighted by Gasteiger charge is -2.03. The van der Waals surface area contributed by atoms with Crippen LogP contribution in [-0.4, -0.2) is 39.2 Å². The molecule has 0 aliphatic carbocycles. The number of fused-ring (bicyclic) bond motifs is 1. The molecule has 0 bridgehead atoms. The van der Waals surface area contributed by atoms with Crippen LogP contribution < -0.4 is 5.32 Å². The molecule has 2 unspecified atom stereocenters. The zero-order valence-electron chi connectivity index (χ0n) is 12.1. The van der Waals surface area contributed by atoms with Crippen LogP contribution in [0.3, 0.4) is 0 Å². The van der Waals surface area contributed by atoms with Gasteiger partial charge in [0.2, 0.25) is 0 Å². The van der Waals surface area contributed by atoms with Crippen molar-refractivity contribution in [3.63, 3.8) is 0 Å². The Kier molecular flexibility index (Phi) is 4.42. The van der Waals surface area contributed by atoms with E-state index in [2.05, 4.69) is 15.3 Å². The highest BCUT2D eigenvalue weighted by molar-refractivity contribution is 8.17. The maximum atomic E-state index is 10.0. The summed E-state index contributed by atoms with van der Waals surface area (Å²) in [5.74, 6) is 0. The van der Waals surface area contributed by atoms with E-state index in [1.165, 1.54) is 11.8 Å². The minimum absolute atomic E-state index is 0.316. The fraction of sp³-hybridized carbons (Fsp3) is 0.250. The van der Waals surface area contributed by atoms with E-state index in [1.807, 2.05) is 36.4 Å². The van der Waals surface area contributed by atoms with Gasteiger partial charge in [-0.05, 0) is 36.8 Å². The number of pyridine rings is 1. The average molecular weight is 315 g/mol. The first-order valence-electron chi connectivity index (χ1n) is 7.03. The van der Waals surface area contributed by atoms with Gasteiger partial charge in [0.25, 0.3) is 0 Å². The van der Waals surface area contributed by atoms with Crippen molar-refractivity contribution in [2.45, 2.75) is 19.3 Å². The SMILES string of the molecule is CC(O)CN=C1NC(O)/C(=C/c2ccc3ncccc3c2)S1. The van der Waals surface area contributed by atoms with Crippen LogP contribution in [0.25, 0.3) is 17.0 Å². The largest absolute Gasteiger partial charge is 0.391 e. The maximum absolute atomic E-state index is 10.0. The quantitative estimate of drug-likeness (QED) is 0.807. The number of benzene rings is 1. The number of aromatic nitrogens is 1. The highest BCUT2D eigenvalue weighted by atomic mass is 32.2. The second kappa shape index (κ2) is 6.48. The molecule has 1 saturated heterocycles. The second-order valence-corrected chi connectivity index (χ2v) is 6.21. The predicted molar refractivity (Wildman–Crippen MR) is 90.4 cm³/mol. The molecule has 3 N–H and O–H groups in total. The molecule has 2 aromatic rings. The highest BCUT2D eigenvalue weighted by Gasteiger charge is 2.23. The molecule has 1 aliphatic heterocycles.